The van der Waals surface area contributed by atoms with E-state index >= 15 is 0 Å². The van der Waals surface area contributed by atoms with Gasteiger partial charge in [-0.2, -0.15) is 5.26 Å². The summed E-state index contributed by atoms with van der Waals surface area (Å²) in [5.41, 5.74) is 7.61. The molecular formula is C29H25N3O2. The van der Waals surface area contributed by atoms with Crippen molar-refractivity contribution in [1.29, 1.82) is 5.26 Å². The van der Waals surface area contributed by atoms with Crippen LogP contribution in [0.5, 0.6) is 0 Å². The van der Waals surface area contributed by atoms with Crippen molar-refractivity contribution in [2.45, 2.75) is 43.7 Å². The predicted molar refractivity (Wildman–Crippen MR) is 130 cm³/mol. The fourth-order valence-corrected chi connectivity index (χ4v) is 5.87. The summed E-state index contributed by atoms with van der Waals surface area (Å²) in [6.45, 7) is 0.341. The lowest BCUT2D eigenvalue weighted by Crippen LogP contribution is -2.51. The molecule has 168 valence electrons. The number of piperidine rings is 1. The number of amides is 1. The van der Waals surface area contributed by atoms with Crippen LogP contribution in [-0.4, -0.2) is 34.7 Å². The average molecular weight is 448 g/mol. The van der Waals surface area contributed by atoms with Crippen molar-refractivity contribution in [3.8, 4) is 17.2 Å². The van der Waals surface area contributed by atoms with E-state index in [0.717, 1.165) is 31.2 Å². The van der Waals surface area contributed by atoms with Crippen LogP contribution in [0.2, 0.25) is 0 Å². The number of pyridine rings is 1. The van der Waals surface area contributed by atoms with Gasteiger partial charge in [-0.3, -0.25) is 9.88 Å². The van der Waals surface area contributed by atoms with Gasteiger partial charge in [-0.25, -0.2) is 4.79 Å². The SMILES string of the molecule is N#Cc1cncc(C2=CC3CCCC(C2)N3C(=O)OCC2c3ccccc3-c3ccccc32)c1. The van der Waals surface area contributed by atoms with Gasteiger partial charge in [0, 0.05) is 24.4 Å². The summed E-state index contributed by atoms with van der Waals surface area (Å²) in [4.78, 5) is 19.5. The zero-order chi connectivity index (χ0) is 23.1. The highest BCUT2D eigenvalue weighted by Gasteiger charge is 2.39. The number of ether oxygens (including phenoxy) is 1. The monoisotopic (exact) mass is 447 g/mol. The first-order valence-corrected chi connectivity index (χ1v) is 11.9. The smallest absolute Gasteiger partial charge is 0.410 e. The molecule has 1 amide bonds. The minimum absolute atomic E-state index is 0.0175. The van der Waals surface area contributed by atoms with Crippen molar-refractivity contribution >= 4 is 11.7 Å². The van der Waals surface area contributed by atoms with Crippen LogP contribution in [-0.2, 0) is 4.74 Å². The quantitative estimate of drug-likeness (QED) is 0.500. The molecule has 1 aliphatic carbocycles. The number of nitriles is 1. The summed E-state index contributed by atoms with van der Waals surface area (Å²) in [7, 11) is 0. The van der Waals surface area contributed by atoms with E-state index in [1.807, 2.05) is 17.2 Å². The fraction of sp³-hybridized carbons (Fsp3) is 0.276. The third-order valence-corrected chi connectivity index (χ3v) is 7.42. The molecule has 1 saturated heterocycles. The Bertz CT molecular complexity index is 1290. The zero-order valence-corrected chi connectivity index (χ0v) is 18.9. The lowest BCUT2D eigenvalue weighted by Gasteiger charge is -2.44. The van der Waals surface area contributed by atoms with Crippen LogP contribution in [0.25, 0.3) is 16.7 Å². The van der Waals surface area contributed by atoms with Gasteiger partial charge in [-0.05, 0) is 65.1 Å². The van der Waals surface area contributed by atoms with Crippen LogP contribution in [0.4, 0.5) is 4.79 Å². The molecule has 6 rings (SSSR count). The second-order valence-electron chi connectivity index (χ2n) is 9.33. The van der Waals surface area contributed by atoms with E-state index < -0.39 is 0 Å². The third kappa shape index (κ3) is 3.47. The maximum Gasteiger partial charge on any atom is 0.410 e. The number of hydrogen-bond acceptors (Lipinski definition) is 4. The number of carbonyl (C=O) groups excluding carboxylic acids is 1. The molecule has 3 aromatic rings. The normalized spacial score (nSPS) is 20.7. The number of carbonyl (C=O) groups is 1. The van der Waals surface area contributed by atoms with Crippen molar-refractivity contribution < 1.29 is 9.53 Å². The average Bonchev–Trinajstić information content (AvgIpc) is 3.20. The van der Waals surface area contributed by atoms with E-state index in [0.29, 0.717) is 12.2 Å². The first-order valence-electron chi connectivity index (χ1n) is 11.9. The molecule has 34 heavy (non-hydrogen) atoms. The van der Waals surface area contributed by atoms with Crippen LogP contribution in [0.15, 0.2) is 73.1 Å². The standard InChI is InChI=1S/C29H25N3O2/c30-15-19-12-21(17-31-16-19)20-13-22-6-5-7-23(14-20)32(22)29(33)34-18-28-26-10-3-1-8-24(26)25-9-2-4-11-27(25)28/h1-4,8-13,16-17,22-23,28H,5-7,14,18H2. The Morgan fingerprint density at radius 3 is 2.50 bits per heavy atom. The lowest BCUT2D eigenvalue weighted by atomic mass is 9.83. The van der Waals surface area contributed by atoms with Gasteiger partial charge in [0.25, 0.3) is 0 Å². The maximum atomic E-state index is 13.4. The first kappa shape index (κ1) is 20.7. The second-order valence-corrected chi connectivity index (χ2v) is 9.33. The number of aromatic nitrogens is 1. The summed E-state index contributed by atoms with van der Waals surface area (Å²) < 4.78 is 6.00. The number of benzene rings is 2. The maximum absolute atomic E-state index is 13.4. The van der Waals surface area contributed by atoms with Gasteiger partial charge < -0.3 is 4.74 Å². The van der Waals surface area contributed by atoms with Crippen LogP contribution >= 0.6 is 0 Å². The summed E-state index contributed by atoms with van der Waals surface area (Å²) >= 11 is 0. The molecule has 0 N–H and O–H groups in total. The van der Waals surface area contributed by atoms with E-state index in [4.69, 9.17) is 4.74 Å². The molecule has 0 radical (unpaired) electrons. The van der Waals surface area contributed by atoms with Crippen molar-refractivity contribution in [2.75, 3.05) is 6.61 Å². The molecular weight excluding hydrogens is 422 g/mol. The Morgan fingerprint density at radius 1 is 1.06 bits per heavy atom. The van der Waals surface area contributed by atoms with Crippen LogP contribution in [0.1, 0.15) is 53.9 Å². The summed E-state index contributed by atoms with van der Waals surface area (Å²) in [6, 6.07) is 21.0. The molecule has 0 saturated carbocycles. The summed E-state index contributed by atoms with van der Waals surface area (Å²) in [5, 5.41) is 9.23. The minimum Gasteiger partial charge on any atom is -0.448 e. The molecule has 2 atom stereocenters. The van der Waals surface area contributed by atoms with Crippen molar-refractivity contribution in [3.63, 3.8) is 0 Å². The van der Waals surface area contributed by atoms with E-state index in [1.54, 1.807) is 6.20 Å². The zero-order valence-electron chi connectivity index (χ0n) is 18.9. The Morgan fingerprint density at radius 2 is 1.79 bits per heavy atom. The molecule has 1 fully saturated rings. The Labute approximate surface area is 199 Å². The number of fused-ring (bicyclic) bond motifs is 5. The molecule has 2 aliphatic heterocycles. The van der Waals surface area contributed by atoms with Gasteiger partial charge in [0.05, 0.1) is 11.6 Å². The highest BCUT2D eigenvalue weighted by atomic mass is 16.6. The number of hydrogen-bond donors (Lipinski definition) is 0. The molecule has 2 unspecified atom stereocenters. The molecule has 3 heterocycles. The van der Waals surface area contributed by atoms with Crippen LogP contribution in [0.3, 0.4) is 0 Å². The Balaban J connectivity index is 1.22. The van der Waals surface area contributed by atoms with E-state index in [-0.39, 0.29) is 24.1 Å². The number of rotatable bonds is 3. The lowest BCUT2D eigenvalue weighted by molar-refractivity contribution is 0.0539. The van der Waals surface area contributed by atoms with Gasteiger partial charge in [-0.15, -0.1) is 0 Å². The number of nitrogens with zero attached hydrogens (tertiary/aromatic N) is 3. The first-order chi connectivity index (χ1) is 16.7. The fourth-order valence-electron chi connectivity index (χ4n) is 5.87. The highest BCUT2D eigenvalue weighted by molar-refractivity contribution is 5.79. The van der Waals surface area contributed by atoms with E-state index in [1.165, 1.54) is 27.8 Å². The molecule has 0 spiro atoms. The highest BCUT2D eigenvalue weighted by Crippen LogP contribution is 2.45. The van der Waals surface area contributed by atoms with Gasteiger partial charge in [0.15, 0.2) is 0 Å². The van der Waals surface area contributed by atoms with Gasteiger partial charge in [-0.1, -0.05) is 54.6 Å². The molecule has 2 aromatic carbocycles. The van der Waals surface area contributed by atoms with Gasteiger partial charge >= 0.3 is 6.09 Å². The van der Waals surface area contributed by atoms with E-state index in [9.17, 15) is 10.1 Å². The topological polar surface area (TPSA) is 66.2 Å². The minimum atomic E-state index is -0.226. The van der Waals surface area contributed by atoms with Gasteiger partial charge in [0.1, 0.15) is 12.7 Å². The van der Waals surface area contributed by atoms with Crippen molar-refractivity contribution in [1.82, 2.24) is 9.88 Å². The molecule has 2 bridgehead atoms. The summed E-state index contributed by atoms with van der Waals surface area (Å²) in [6.07, 6.45) is 9.09. The van der Waals surface area contributed by atoms with Crippen LogP contribution < -0.4 is 0 Å². The van der Waals surface area contributed by atoms with Crippen molar-refractivity contribution in [2.24, 2.45) is 0 Å². The van der Waals surface area contributed by atoms with Gasteiger partial charge in [0.2, 0.25) is 0 Å². The molecule has 3 aliphatic rings. The molecule has 5 nitrogen and oxygen atoms in total. The van der Waals surface area contributed by atoms with Crippen LogP contribution in [0, 0.1) is 11.3 Å². The Kier molecular flexibility index (Phi) is 5.15. The summed E-state index contributed by atoms with van der Waals surface area (Å²) in [5.74, 6) is 0.0619. The van der Waals surface area contributed by atoms with Crippen molar-refractivity contribution in [3.05, 3.63) is 95.3 Å². The molecule has 5 heteroatoms. The predicted octanol–water partition coefficient (Wildman–Crippen LogP) is 5.91. The molecule has 1 aromatic heterocycles. The third-order valence-electron chi connectivity index (χ3n) is 7.42. The van der Waals surface area contributed by atoms with E-state index in [2.05, 4.69) is 65.7 Å². The second kappa shape index (κ2) is 8.46. The Hall–Kier alpha value is -3.91. The largest absolute Gasteiger partial charge is 0.448 e.